The van der Waals surface area contributed by atoms with Gasteiger partial charge in [-0.1, -0.05) is 11.6 Å². The maximum atomic E-state index is 6.16. The highest BCUT2D eigenvalue weighted by atomic mass is 79.9. The predicted octanol–water partition coefficient (Wildman–Crippen LogP) is 6.35. The van der Waals surface area contributed by atoms with E-state index in [1.807, 2.05) is 30.4 Å². The zero-order valence-corrected chi connectivity index (χ0v) is 15.7. The lowest BCUT2D eigenvalue weighted by atomic mass is 10.1. The molecule has 1 atom stereocenters. The van der Waals surface area contributed by atoms with E-state index >= 15 is 0 Å². The zero-order chi connectivity index (χ0) is 15.6. The van der Waals surface area contributed by atoms with Gasteiger partial charge in [0.25, 0.3) is 0 Å². The highest BCUT2D eigenvalue weighted by Crippen LogP contribution is 2.39. The second kappa shape index (κ2) is 7.03. The average Bonchev–Trinajstić information content (AvgIpc) is 2.72. The highest BCUT2D eigenvalue weighted by Gasteiger charge is 2.16. The van der Waals surface area contributed by atoms with Crippen LogP contribution in [0.25, 0.3) is 0 Å². The van der Waals surface area contributed by atoms with Gasteiger partial charge in [0.2, 0.25) is 0 Å². The molecule has 0 bridgehead atoms. The molecule has 1 heterocycles. The van der Waals surface area contributed by atoms with E-state index in [2.05, 4.69) is 48.1 Å². The maximum absolute atomic E-state index is 6.16. The van der Waals surface area contributed by atoms with E-state index in [0.717, 1.165) is 15.9 Å². The standard InChI is InChI=1S/C16H19BrClNOS/c1-5-20-16-14(17)7-12(18)8-15(16)19-10(3)13-6-9(2)21-11(13)4/h6-8,10,19H,5H2,1-4H3. The minimum atomic E-state index is 0.194. The van der Waals surface area contributed by atoms with Crippen molar-refractivity contribution in [3.05, 3.63) is 43.0 Å². The lowest BCUT2D eigenvalue weighted by Crippen LogP contribution is -2.09. The SMILES string of the molecule is CCOc1c(Br)cc(Cl)cc1NC(C)c1cc(C)sc1C. The predicted molar refractivity (Wildman–Crippen MR) is 96.2 cm³/mol. The Bertz CT molecular complexity index is 641. The first-order valence-electron chi connectivity index (χ1n) is 6.87. The molecule has 2 nitrogen and oxygen atoms in total. The van der Waals surface area contributed by atoms with Gasteiger partial charge in [-0.15, -0.1) is 11.3 Å². The van der Waals surface area contributed by atoms with Gasteiger partial charge in [-0.05, 0) is 67.4 Å². The fourth-order valence-electron chi connectivity index (χ4n) is 2.35. The van der Waals surface area contributed by atoms with Crippen LogP contribution in [0.4, 0.5) is 5.69 Å². The van der Waals surface area contributed by atoms with Gasteiger partial charge in [0.05, 0.1) is 16.8 Å². The Kier molecular flexibility index (Phi) is 5.58. The fourth-order valence-corrected chi connectivity index (χ4v) is 4.30. The molecule has 0 aliphatic heterocycles. The molecule has 0 amide bonds. The minimum absolute atomic E-state index is 0.194. The van der Waals surface area contributed by atoms with Crippen molar-refractivity contribution in [1.29, 1.82) is 0 Å². The molecule has 0 saturated carbocycles. The summed E-state index contributed by atoms with van der Waals surface area (Å²) in [4.78, 5) is 2.67. The van der Waals surface area contributed by atoms with Crippen LogP contribution in [0, 0.1) is 13.8 Å². The van der Waals surface area contributed by atoms with Crippen LogP contribution in [0.3, 0.4) is 0 Å². The summed E-state index contributed by atoms with van der Waals surface area (Å²) < 4.78 is 6.60. The number of aryl methyl sites for hydroxylation is 2. The van der Waals surface area contributed by atoms with Crippen LogP contribution in [0.2, 0.25) is 5.02 Å². The molecule has 2 aromatic rings. The van der Waals surface area contributed by atoms with Gasteiger partial charge in [-0.2, -0.15) is 0 Å². The molecular weight excluding hydrogens is 370 g/mol. The van der Waals surface area contributed by atoms with Gasteiger partial charge in [-0.25, -0.2) is 0 Å². The van der Waals surface area contributed by atoms with Gasteiger partial charge in [-0.3, -0.25) is 0 Å². The molecule has 5 heteroatoms. The summed E-state index contributed by atoms with van der Waals surface area (Å²) in [6.07, 6.45) is 0. The van der Waals surface area contributed by atoms with Crippen molar-refractivity contribution in [1.82, 2.24) is 0 Å². The summed E-state index contributed by atoms with van der Waals surface area (Å²) in [6, 6.07) is 6.18. The summed E-state index contributed by atoms with van der Waals surface area (Å²) in [5.41, 5.74) is 2.23. The Balaban J connectivity index is 2.32. The quantitative estimate of drug-likeness (QED) is 0.644. The van der Waals surface area contributed by atoms with Crippen molar-refractivity contribution >= 4 is 44.6 Å². The molecule has 0 aliphatic carbocycles. The molecule has 0 spiro atoms. The van der Waals surface area contributed by atoms with E-state index in [1.54, 1.807) is 0 Å². The molecule has 1 unspecified atom stereocenters. The van der Waals surface area contributed by atoms with Crippen molar-refractivity contribution in [2.45, 2.75) is 33.7 Å². The van der Waals surface area contributed by atoms with Crippen LogP contribution in [-0.4, -0.2) is 6.61 Å². The first-order valence-corrected chi connectivity index (χ1v) is 8.86. The highest BCUT2D eigenvalue weighted by molar-refractivity contribution is 9.10. The molecule has 0 aliphatic rings. The molecule has 114 valence electrons. The van der Waals surface area contributed by atoms with Crippen LogP contribution < -0.4 is 10.1 Å². The number of thiophene rings is 1. The van der Waals surface area contributed by atoms with E-state index in [-0.39, 0.29) is 6.04 Å². The Labute approximate surface area is 143 Å². The smallest absolute Gasteiger partial charge is 0.156 e. The third-order valence-electron chi connectivity index (χ3n) is 3.21. The molecule has 1 aromatic carbocycles. The summed E-state index contributed by atoms with van der Waals surface area (Å²) in [5, 5.41) is 4.19. The Morgan fingerprint density at radius 3 is 2.62 bits per heavy atom. The number of benzene rings is 1. The molecule has 0 radical (unpaired) electrons. The van der Waals surface area contributed by atoms with Gasteiger partial charge >= 0.3 is 0 Å². The zero-order valence-electron chi connectivity index (χ0n) is 12.6. The maximum Gasteiger partial charge on any atom is 0.156 e. The monoisotopic (exact) mass is 387 g/mol. The van der Waals surface area contributed by atoms with Crippen molar-refractivity contribution in [3.8, 4) is 5.75 Å². The fraction of sp³-hybridized carbons (Fsp3) is 0.375. The number of hydrogen-bond donors (Lipinski definition) is 1. The van der Waals surface area contributed by atoms with E-state index in [1.165, 1.54) is 15.3 Å². The summed E-state index contributed by atoms with van der Waals surface area (Å²) in [6.45, 7) is 9.03. The normalized spacial score (nSPS) is 12.3. The second-order valence-corrected chi connectivity index (χ2v) is 7.68. The van der Waals surface area contributed by atoms with Crippen LogP contribution >= 0.6 is 38.9 Å². The molecule has 1 N–H and O–H groups in total. The van der Waals surface area contributed by atoms with Gasteiger partial charge in [0.1, 0.15) is 0 Å². The Morgan fingerprint density at radius 1 is 1.33 bits per heavy atom. The topological polar surface area (TPSA) is 21.3 Å². The summed E-state index contributed by atoms with van der Waals surface area (Å²) in [5.74, 6) is 0.804. The van der Waals surface area contributed by atoms with Crippen molar-refractivity contribution in [3.63, 3.8) is 0 Å². The van der Waals surface area contributed by atoms with Crippen molar-refractivity contribution in [2.75, 3.05) is 11.9 Å². The molecule has 0 fully saturated rings. The molecular formula is C16H19BrClNOS. The number of ether oxygens (including phenoxy) is 1. The Hall–Kier alpha value is -0.710. The van der Waals surface area contributed by atoms with E-state index < -0.39 is 0 Å². The molecule has 2 rings (SSSR count). The van der Waals surface area contributed by atoms with E-state index in [9.17, 15) is 0 Å². The number of nitrogens with one attached hydrogen (secondary N) is 1. The third kappa shape index (κ3) is 3.93. The minimum Gasteiger partial charge on any atom is -0.491 e. The summed E-state index contributed by atoms with van der Waals surface area (Å²) in [7, 11) is 0. The number of hydrogen-bond acceptors (Lipinski definition) is 3. The van der Waals surface area contributed by atoms with E-state index in [0.29, 0.717) is 11.6 Å². The summed E-state index contributed by atoms with van der Waals surface area (Å²) >= 11 is 11.5. The number of halogens is 2. The van der Waals surface area contributed by atoms with Gasteiger partial charge < -0.3 is 10.1 Å². The van der Waals surface area contributed by atoms with Crippen molar-refractivity contribution in [2.24, 2.45) is 0 Å². The molecule has 1 aromatic heterocycles. The first-order chi connectivity index (χ1) is 9.92. The Morgan fingerprint density at radius 2 is 2.05 bits per heavy atom. The largest absolute Gasteiger partial charge is 0.491 e. The van der Waals surface area contributed by atoms with E-state index in [4.69, 9.17) is 16.3 Å². The molecule has 0 saturated heterocycles. The van der Waals surface area contributed by atoms with Gasteiger partial charge in [0.15, 0.2) is 5.75 Å². The van der Waals surface area contributed by atoms with Crippen LogP contribution in [0.15, 0.2) is 22.7 Å². The first kappa shape index (κ1) is 16.7. The number of anilines is 1. The van der Waals surface area contributed by atoms with Crippen molar-refractivity contribution < 1.29 is 4.74 Å². The van der Waals surface area contributed by atoms with Crippen LogP contribution in [0.1, 0.15) is 35.2 Å². The number of rotatable bonds is 5. The lowest BCUT2D eigenvalue weighted by molar-refractivity contribution is 0.339. The molecule has 21 heavy (non-hydrogen) atoms. The third-order valence-corrected chi connectivity index (χ3v) is 5.00. The van der Waals surface area contributed by atoms with Crippen LogP contribution in [0.5, 0.6) is 5.75 Å². The second-order valence-electron chi connectivity index (χ2n) is 4.93. The average molecular weight is 389 g/mol. The van der Waals surface area contributed by atoms with Gasteiger partial charge in [0, 0.05) is 20.8 Å². The van der Waals surface area contributed by atoms with Crippen LogP contribution in [-0.2, 0) is 0 Å². The lowest BCUT2D eigenvalue weighted by Gasteiger charge is -2.19.